The van der Waals surface area contributed by atoms with Crippen LogP contribution < -0.4 is 5.32 Å². The van der Waals surface area contributed by atoms with Gasteiger partial charge in [-0.2, -0.15) is 4.31 Å². The average molecular weight is 358 g/mol. The molecule has 0 bridgehead atoms. The Morgan fingerprint density at radius 2 is 1.52 bits per heavy atom. The molecule has 1 amide bonds. The number of nitrogens with one attached hydrogen (secondary N) is 1. The van der Waals surface area contributed by atoms with E-state index in [-0.39, 0.29) is 10.8 Å². The normalized spacial score (nSPS) is 15.3. The molecule has 132 valence electrons. The summed E-state index contributed by atoms with van der Waals surface area (Å²) in [6.45, 7) is 5.08. The van der Waals surface area contributed by atoms with Crippen LogP contribution in [0.4, 0.5) is 5.69 Å². The summed E-state index contributed by atoms with van der Waals surface area (Å²) in [5, 5.41) is 2.85. The summed E-state index contributed by atoms with van der Waals surface area (Å²) in [7, 11) is -3.45. The molecule has 2 aromatic rings. The van der Waals surface area contributed by atoms with Crippen LogP contribution in [0.15, 0.2) is 47.4 Å². The highest BCUT2D eigenvalue weighted by Crippen LogP contribution is 2.21. The molecular formula is C19H22N2O3S. The number of hydrogen-bond acceptors (Lipinski definition) is 3. The quantitative estimate of drug-likeness (QED) is 0.911. The van der Waals surface area contributed by atoms with E-state index in [1.165, 1.54) is 16.4 Å². The van der Waals surface area contributed by atoms with E-state index in [0.717, 1.165) is 29.7 Å². The van der Waals surface area contributed by atoms with Gasteiger partial charge in [-0.15, -0.1) is 0 Å². The van der Waals surface area contributed by atoms with Crippen LogP contribution >= 0.6 is 0 Å². The third-order valence-electron chi connectivity index (χ3n) is 4.30. The molecule has 0 aromatic heterocycles. The molecule has 1 saturated heterocycles. The number of sulfonamides is 1. The lowest BCUT2D eigenvalue weighted by molar-refractivity contribution is 0.102. The first kappa shape index (κ1) is 17.6. The predicted octanol–water partition coefficient (Wildman–Crippen LogP) is 3.34. The van der Waals surface area contributed by atoms with Crippen molar-refractivity contribution in [3.8, 4) is 0 Å². The molecule has 25 heavy (non-hydrogen) atoms. The zero-order chi connectivity index (χ0) is 18.0. The number of amides is 1. The topological polar surface area (TPSA) is 66.5 Å². The van der Waals surface area contributed by atoms with Crippen LogP contribution in [-0.4, -0.2) is 31.7 Å². The lowest BCUT2D eigenvalue weighted by Crippen LogP contribution is -2.27. The zero-order valence-corrected chi connectivity index (χ0v) is 15.3. The maximum absolute atomic E-state index is 12.5. The van der Waals surface area contributed by atoms with Gasteiger partial charge in [-0.3, -0.25) is 4.79 Å². The molecular weight excluding hydrogens is 336 g/mol. The molecule has 1 aliphatic rings. The first-order valence-electron chi connectivity index (χ1n) is 8.36. The minimum absolute atomic E-state index is 0.234. The molecule has 1 aliphatic heterocycles. The zero-order valence-electron chi connectivity index (χ0n) is 14.5. The summed E-state index contributed by atoms with van der Waals surface area (Å²) in [6.07, 6.45) is 1.80. The molecule has 5 nitrogen and oxygen atoms in total. The van der Waals surface area contributed by atoms with Gasteiger partial charge < -0.3 is 5.32 Å². The highest BCUT2D eigenvalue weighted by atomic mass is 32.2. The standard InChI is InChI=1S/C19H22N2O3S/c1-14-11-15(2)13-17(12-14)20-19(22)16-5-7-18(8-6-16)25(23,24)21-9-3-4-10-21/h5-8,11-13H,3-4,9-10H2,1-2H3,(H,20,22). The second-order valence-corrected chi connectivity index (χ2v) is 8.40. The van der Waals surface area contributed by atoms with E-state index in [4.69, 9.17) is 0 Å². The van der Waals surface area contributed by atoms with Crippen LogP contribution in [0.25, 0.3) is 0 Å². The summed E-state index contributed by atoms with van der Waals surface area (Å²) in [4.78, 5) is 12.6. The maximum atomic E-state index is 12.5. The Morgan fingerprint density at radius 3 is 2.08 bits per heavy atom. The van der Waals surface area contributed by atoms with Crippen molar-refractivity contribution >= 4 is 21.6 Å². The maximum Gasteiger partial charge on any atom is 0.255 e. The molecule has 6 heteroatoms. The SMILES string of the molecule is Cc1cc(C)cc(NC(=O)c2ccc(S(=O)(=O)N3CCCC3)cc2)c1. The molecule has 0 radical (unpaired) electrons. The molecule has 0 spiro atoms. The van der Waals surface area contributed by atoms with Gasteiger partial charge in [0.15, 0.2) is 0 Å². The van der Waals surface area contributed by atoms with Crippen molar-refractivity contribution < 1.29 is 13.2 Å². The fourth-order valence-electron chi connectivity index (χ4n) is 3.11. The predicted molar refractivity (Wildman–Crippen MR) is 98.3 cm³/mol. The van der Waals surface area contributed by atoms with Crippen molar-refractivity contribution in [2.45, 2.75) is 31.6 Å². The lowest BCUT2D eigenvalue weighted by Gasteiger charge is -2.15. The minimum atomic E-state index is -3.45. The molecule has 2 aromatic carbocycles. The summed E-state index contributed by atoms with van der Waals surface area (Å²) in [6, 6.07) is 12.0. The van der Waals surface area contributed by atoms with Gasteiger partial charge in [0.05, 0.1) is 4.90 Å². The Hall–Kier alpha value is -2.18. The van der Waals surface area contributed by atoms with Crippen LogP contribution in [0, 0.1) is 13.8 Å². The van der Waals surface area contributed by atoms with Crippen molar-refractivity contribution in [3.63, 3.8) is 0 Å². The second-order valence-electron chi connectivity index (χ2n) is 6.47. The first-order chi connectivity index (χ1) is 11.9. The number of carbonyl (C=O) groups is 1. The molecule has 3 rings (SSSR count). The van der Waals surface area contributed by atoms with Crippen molar-refractivity contribution in [1.29, 1.82) is 0 Å². The number of aryl methyl sites for hydroxylation is 2. The second kappa shape index (κ2) is 6.98. The largest absolute Gasteiger partial charge is 0.322 e. The van der Waals surface area contributed by atoms with Gasteiger partial charge in [0.1, 0.15) is 0 Å². The number of rotatable bonds is 4. The minimum Gasteiger partial charge on any atom is -0.322 e. The molecule has 0 unspecified atom stereocenters. The van der Waals surface area contributed by atoms with Crippen LogP contribution in [0.1, 0.15) is 34.3 Å². The fraction of sp³-hybridized carbons (Fsp3) is 0.316. The molecule has 0 saturated carbocycles. The summed E-state index contributed by atoms with van der Waals surface area (Å²) in [5.74, 6) is -0.255. The van der Waals surface area contributed by atoms with Gasteiger partial charge in [0, 0.05) is 24.3 Å². The average Bonchev–Trinajstić information content (AvgIpc) is 3.09. The highest BCUT2D eigenvalue weighted by Gasteiger charge is 2.27. The van der Waals surface area contributed by atoms with Gasteiger partial charge in [-0.25, -0.2) is 8.42 Å². The Balaban J connectivity index is 1.76. The van der Waals surface area contributed by atoms with Crippen molar-refractivity contribution in [1.82, 2.24) is 4.31 Å². The van der Waals surface area contributed by atoms with Gasteiger partial charge in [0.25, 0.3) is 5.91 Å². The Kier molecular flexibility index (Phi) is 4.92. The van der Waals surface area contributed by atoms with E-state index in [0.29, 0.717) is 18.7 Å². The molecule has 1 fully saturated rings. The van der Waals surface area contributed by atoms with Crippen LogP contribution in [0.2, 0.25) is 0 Å². The van der Waals surface area contributed by atoms with Gasteiger partial charge in [-0.1, -0.05) is 6.07 Å². The summed E-state index contributed by atoms with van der Waals surface area (Å²) in [5.41, 5.74) is 3.31. The Labute approximate surface area is 148 Å². The summed E-state index contributed by atoms with van der Waals surface area (Å²) < 4.78 is 26.5. The lowest BCUT2D eigenvalue weighted by atomic mass is 10.1. The number of carbonyl (C=O) groups excluding carboxylic acids is 1. The van der Waals surface area contributed by atoms with Crippen molar-refractivity contribution in [2.75, 3.05) is 18.4 Å². The third kappa shape index (κ3) is 3.91. The summed E-state index contributed by atoms with van der Waals surface area (Å²) >= 11 is 0. The smallest absolute Gasteiger partial charge is 0.255 e. The van der Waals surface area contributed by atoms with Gasteiger partial charge in [0.2, 0.25) is 10.0 Å². The van der Waals surface area contributed by atoms with Crippen molar-refractivity contribution in [3.05, 3.63) is 59.2 Å². The fourth-order valence-corrected chi connectivity index (χ4v) is 4.62. The van der Waals surface area contributed by atoms with Gasteiger partial charge >= 0.3 is 0 Å². The third-order valence-corrected chi connectivity index (χ3v) is 6.21. The van der Waals surface area contributed by atoms with Crippen LogP contribution in [0.5, 0.6) is 0 Å². The van der Waals surface area contributed by atoms with Crippen molar-refractivity contribution in [2.24, 2.45) is 0 Å². The molecule has 0 aliphatic carbocycles. The molecule has 1 N–H and O–H groups in total. The monoisotopic (exact) mass is 358 g/mol. The van der Waals surface area contributed by atoms with Crippen LogP contribution in [-0.2, 0) is 10.0 Å². The van der Waals surface area contributed by atoms with E-state index < -0.39 is 10.0 Å². The highest BCUT2D eigenvalue weighted by molar-refractivity contribution is 7.89. The van der Waals surface area contributed by atoms with E-state index in [1.54, 1.807) is 12.1 Å². The van der Waals surface area contributed by atoms with E-state index in [9.17, 15) is 13.2 Å². The Bertz CT molecular complexity index is 863. The molecule has 0 atom stereocenters. The number of anilines is 1. The number of benzene rings is 2. The van der Waals surface area contributed by atoms with Crippen LogP contribution in [0.3, 0.4) is 0 Å². The Morgan fingerprint density at radius 1 is 0.960 bits per heavy atom. The van der Waals surface area contributed by atoms with E-state index in [1.807, 2.05) is 32.0 Å². The van der Waals surface area contributed by atoms with Gasteiger partial charge in [-0.05, 0) is 74.2 Å². The van der Waals surface area contributed by atoms with E-state index >= 15 is 0 Å². The number of hydrogen-bond donors (Lipinski definition) is 1. The number of nitrogens with zero attached hydrogens (tertiary/aromatic N) is 1. The molecule has 1 heterocycles. The first-order valence-corrected chi connectivity index (χ1v) is 9.80. The van der Waals surface area contributed by atoms with E-state index in [2.05, 4.69) is 5.32 Å².